The number of alkyl halides is 3. The second kappa shape index (κ2) is 9.23. The van der Waals surface area contributed by atoms with Crippen molar-refractivity contribution in [2.24, 2.45) is 0 Å². The zero-order chi connectivity index (χ0) is 25.4. The molecule has 0 spiro atoms. The lowest BCUT2D eigenvalue weighted by Gasteiger charge is -2.31. The highest BCUT2D eigenvalue weighted by Crippen LogP contribution is 2.35. The van der Waals surface area contributed by atoms with Gasteiger partial charge in [-0.05, 0) is 50.7 Å². The Morgan fingerprint density at radius 1 is 1.11 bits per heavy atom. The maximum Gasteiger partial charge on any atom is 0.416 e. The van der Waals surface area contributed by atoms with Crippen LogP contribution in [0.5, 0.6) is 0 Å². The van der Waals surface area contributed by atoms with Gasteiger partial charge in [0.2, 0.25) is 0 Å². The van der Waals surface area contributed by atoms with Crippen LogP contribution in [0.2, 0.25) is 0 Å². The standard InChI is InChI=1S/C25H24F3N7O/c1-34-12-3-2-4-18(34)23-33-20(21-22(29)31-11-13-35(21)23)15-5-7-16(8-6-15)24(36)32-19-14-17(9-10-30-19)25(26,27)28/h5-11,13-14,18H,2-4,12H2,1H3,(H2,29,31)(H,30,32,36)/t18-/m0/s1. The first-order chi connectivity index (χ1) is 17.2. The molecule has 8 nitrogen and oxygen atoms in total. The molecule has 0 bridgehead atoms. The Hall–Kier alpha value is -3.99. The van der Waals surface area contributed by atoms with Gasteiger partial charge in [-0.3, -0.25) is 14.1 Å². The molecule has 0 saturated carbocycles. The third-order valence-corrected chi connectivity index (χ3v) is 6.43. The van der Waals surface area contributed by atoms with Crippen molar-refractivity contribution >= 4 is 23.1 Å². The number of nitrogens with one attached hydrogen (secondary N) is 1. The minimum Gasteiger partial charge on any atom is -0.382 e. The Labute approximate surface area is 205 Å². The minimum atomic E-state index is -4.53. The van der Waals surface area contributed by atoms with E-state index in [-0.39, 0.29) is 17.4 Å². The van der Waals surface area contributed by atoms with Crippen molar-refractivity contribution in [3.63, 3.8) is 0 Å². The third-order valence-electron chi connectivity index (χ3n) is 6.43. The Morgan fingerprint density at radius 2 is 1.89 bits per heavy atom. The number of anilines is 2. The largest absolute Gasteiger partial charge is 0.416 e. The Morgan fingerprint density at radius 3 is 2.61 bits per heavy atom. The molecular weight excluding hydrogens is 471 g/mol. The Kier molecular flexibility index (Phi) is 6.09. The summed E-state index contributed by atoms with van der Waals surface area (Å²) >= 11 is 0. The number of hydrogen-bond acceptors (Lipinski definition) is 6. The maximum absolute atomic E-state index is 13.0. The van der Waals surface area contributed by atoms with E-state index in [1.165, 1.54) is 0 Å². The number of piperidine rings is 1. The van der Waals surface area contributed by atoms with Crippen LogP contribution in [0.3, 0.4) is 0 Å². The molecule has 11 heteroatoms. The topological polar surface area (TPSA) is 101 Å². The predicted octanol–water partition coefficient (Wildman–Crippen LogP) is 4.80. The normalized spacial score (nSPS) is 16.8. The molecule has 0 radical (unpaired) electrons. The molecule has 3 aromatic heterocycles. The summed E-state index contributed by atoms with van der Waals surface area (Å²) in [5.41, 5.74) is 7.70. The second-order valence-corrected chi connectivity index (χ2v) is 8.80. The van der Waals surface area contributed by atoms with Crippen LogP contribution in [-0.4, -0.2) is 43.8 Å². The van der Waals surface area contributed by atoms with Crippen LogP contribution in [0.4, 0.5) is 24.8 Å². The molecule has 36 heavy (non-hydrogen) atoms. The molecule has 4 heterocycles. The van der Waals surface area contributed by atoms with Crippen LogP contribution >= 0.6 is 0 Å². The van der Waals surface area contributed by atoms with Gasteiger partial charge >= 0.3 is 6.18 Å². The first-order valence-electron chi connectivity index (χ1n) is 11.5. The molecule has 1 aliphatic rings. The number of amides is 1. The second-order valence-electron chi connectivity index (χ2n) is 8.80. The lowest BCUT2D eigenvalue weighted by Crippen LogP contribution is -2.30. The zero-order valence-corrected chi connectivity index (χ0v) is 19.5. The van der Waals surface area contributed by atoms with Crippen LogP contribution in [-0.2, 0) is 6.18 Å². The van der Waals surface area contributed by atoms with Gasteiger partial charge in [-0.2, -0.15) is 13.2 Å². The molecule has 186 valence electrons. The fourth-order valence-electron chi connectivity index (χ4n) is 4.57. The molecule has 1 atom stereocenters. The number of rotatable bonds is 4. The minimum absolute atomic E-state index is 0.145. The lowest BCUT2D eigenvalue weighted by atomic mass is 10.0. The van der Waals surface area contributed by atoms with Gasteiger partial charge in [-0.25, -0.2) is 15.0 Å². The zero-order valence-electron chi connectivity index (χ0n) is 19.5. The number of aromatic nitrogens is 4. The molecular formula is C25H24F3N7O. The van der Waals surface area contributed by atoms with Gasteiger partial charge in [-0.15, -0.1) is 0 Å². The van der Waals surface area contributed by atoms with Crippen molar-refractivity contribution < 1.29 is 18.0 Å². The van der Waals surface area contributed by atoms with E-state index in [0.29, 0.717) is 17.0 Å². The lowest BCUT2D eigenvalue weighted by molar-refractivity contribution is -0.137. The summed E-state index contributed by atoms with van der Waals surface area (Å²) in [6.45, 7) is 0.986. The smallest absolute Gasteiger partial charge is 0.382 e. The van der Waals surface area contributed by atoms with Gasteiger partial charge in [0.15, 0.2) is 0 Å². The number of carbonyl (C=O) groups excluding carboxylic acids is 1. The Bertz CT molecular complexity index is 1420. The number of nitrogen functional groups attached to an aromatic ring is 1. The number of nitrogens with two attached hydrogens (primary N) is 1. The first kappa shape index (κ1) is 23.7. The molecule has 5 rings (SSSR count). The molecule has 1 amide bonds. The average Bonchev–Trinajstić information content (AvgIpc) is 3.25. The fourth-order valence-corrected chi connectivity index (χ4v) is 4.57. The van der Waals surface area contributed by atoms with E-state index in [1.54, 1.807) is 30.5 Å². The number of nitrogens with zero attached hydrogens (tertiary/aromatic N) is 5. The average molecular weight is 496 g/mol. The third kappa shape index (κ3) is 4.49. The number of carbonyl (C=O) groups is 1. The highest BCUT2D eigenvalue weighted by Gasteiger charge is 2.31. The van der Waals surface area contributed by atoms with Crippen molar-refractivity contribution in [2.75, 3.05) is 24.6 Å². The molecule has 1 saturated heterocycles. The highest BCUT2D eigenvalue weighted by molar-refractivity contribution is 6.04. The van der Waals surface area contributed by atoms with E-state index in [0.717, 1.165) is 55.5 Å². The summed E-state index contributed by atoms with van der Waals surface area (Å²) in [7, 11) is 2.09. The number of fused-ring (bicyclic) bond motifs is 1. The van der Waals surface area contributed by atoms with Crippen LogP contribution in [0.15, 0.2) is 55.0 Å². The van der Waals surface area contributed by atoms with Crippen LogP contribution in [0.1, 0.15) is 47.1 Å². The summed E-state index contributed by atoms with van der Waals surface area (Å²) in [4.78, 5) is 27.9. The number of likely N-dealkylation sites (tertiary alicyclic amines) is 1. The summed E-state index contributed by atoms with van der Waals surface area (Å²) in [5, 5.41) is 2.42. The first-order valence-corrected chi connectivity index (χ1v) is 11.5. The molecule has 1 aromatic carbocycles. The fraction of sp³-hybridized carbons (Fsp3) is 0.280. The highest BCUT2D eigenvalue weighted by atomic mass is 19.4. The molecule has 4 aromatic rings. The Balaban J connectivity index is 1.44. The van der Waals surface area contributed by atoms with Crippen LogP contribution in [0, 0.1) is 0 Å². The quantitative estimate of drug-likeness (QED) is 0.422. The van der Waals surface area contributed by atoms with Crippen molar-refractivity contribution in [3.05, 3.63) is 71.9 Å². The van der Waals surface area contributed by atoms with Gasteiger partial charge in [-0.1, -0.05) is 18.6 Å². The van der Waals surface area contributed by atoms with Crippen LogP contribution in [0.25, 0.3) is 16.8 Å². The number of benzene rings is 1. The van der Waals surface area contributed by atoms with Crippen molar-refractivity contribution in [3.8, 4) is 11.3 Å². The van der Waals surface area contributed by atoms with Gasteiger partial charge < -0.3 is 11.1 Å². The van der Waals surface area contributed by atoms with E-state index in [4.69, 9.17) is 10.7 Å². The number of imidazole rings is 1. The summed E-state index contributed by atoms with van der Waals surface area (Å²) in [6.07, 6.45) is 3.22. The van der Waals surface area contributed by atoms with Gasteiger partial charge in [0.1, 0.15) is 28.7 Å². The van der Waals surface area contributed by atoms with E-state index < -0.39 is 17.6 Å². The SMILES string of the molecule is CN1CCCC[C@H]1c1nc(-c2ccc(C(=O)Nc3cc(C(F)(F)F)ccn3)cc2)c2c(N)nccn12. The monoisotopic (exact) mass is 495 g/mol. The summed E-state index contributed by atoms with van der Waals surface area (Å²) in [6, 6.07) is 8.43. The van der Waals surface area contributed by atoms with E-state index in [2.05, 4.69) is 27.2 Å². The van der Waals surface area contributed by atoms with Crippen LogP contribution < -0.4 is 11.1 Å². The van der Waals surface area contributed by atoms with E-state index in [1.807, 2.05) is 10.6 Å². The molecule has 0 aliphatic carbocycles. The number of hydrogen-bond donors (Lipinski definition) is 2. The maximum atomic E-state index is 13.0. The van der Waals surface area contributed by atoms with Gasteiger partial charge in [0.05, 0.1) is 11.6 Å². The van der Waals surface area contributed by atoms with Crippen molar-refractivity contribution in [1.29, 1.82) is 0 Å². The molecule has 3 N–H and O–H groups in total. The van der Waals surface area contributed by atoms with Crippen molar-refractivity contribution in [2.45, 2.75) is 31.5 Å². The van der Waals surface area contributed by atoms with E-state index >= 15 is 0 Å². The summed E-state index contributed by atoms with van der Waals surface area (Å²) in [5.74, 6) is 0.476. The van der Waals surface area contributed by atoms with Gasteiger partial charge in [0, 0.05) is 29.7 Å². The summed E-state index contributed by atoms with van der Waals surface area (Å²) < 4.78 is 40.8. The number of halogens is 3. The molecule has 0 unspecified atom stereocenters. The molecule has 1 fully saturated rings. The van der Waals surface area contributed by atoms with Gasteiger partial charge in [0.25, 0.3) is 5.91 Å². The number of pyridine rings is 1. The van der Waals surface area contributed by atoms with E-state index in [9.17, 15) is 18.0 Å². The molecule has 1 aliphatic heterocycles. The predicted molar refractivity (Wildman–Crippen MR) is 129 cm³/mol. The van der Waals surface area contributed by atoms with Crippen molar-refractivity contribution in [1.82, 2.24) is 24.3 Å².